The van der Waals surface area contributed by atoms with E-state index >= 15 is 0 Å². The predicted molar refractivity (Wildman–Crippen MR) is 120 cm³/mol. The first-order valence-electron chi connectivity index (χ1n) is 10.1. The zero-order valence-electron chi connectivity index (χ0n) is 17.8. The molecule has 5 nitrogen and oxygen atoms in total. The molecule has 1 unspecified atom stereocenters. The number of nitrogens with one attached hydrogen (secondary N) is 1. The Labute approximate surface area is 177 Å². The first kappa shape index (κ1) is 19.7. The number of amides is 1. The van der Waals surface area contributed by atoms with Crippen molar-refractivity contribution in [1.29, 1.82) is 0 Å². The molecule has 152 valence electrons. The summed E-state index contributed by atoms with van der Waals surface area (Å²) in [5.74, 6) is -0.153. The Balaban J connectivity index is 1.77. The van der Waals surface area contributed by atoms with Crippen LogP contribution < -0.4 is 5.32 Å². The molecule has 0 radical (unpaired) electrons. The van der Waals surface area contributed by atoms with Crippen LogP contribution in [0.15, 0.2) is 72.9 Å². The second kappa shape index (κ2) is 8.03. The van der Waals surface area contributed by atoms with Gasteiger partial charge in [-0.2, -0.15) is 5.10 Å². The van der Waals surface area contributed by atoms with Crippen molar-refractivity contribution in [2.75, 3.05) is 0 Å². The highest BCUT2D eigenvalue weighted by Crippen LogP contribution is 2.25. The van der Waals surface area contributed by atoms with E-state index in [1.165, 1.54) is 0 Å². The maximum Gasteiger partial charge on any atom is 0.270 e. The molecule has 4 aromatic rings. The van der Waals surface area contributed by atoms with E-state index in [0.29, 0.717) is 5.69 Å². The van der Waals surface area contributed by atoms with Gasteiger partial charge in [0, 0.05) is 13.2 Å². The van der Waals surface area contributed by atoms with Gasteiger partial charge in [0.25, 0.3) is 5.91 Å². The number of benzene rings is 2. The standard InChI is InChI=1S/C25H26N4O/c1-17-12-13-18(2)23(15-17)29-24(16-21(27-29)22-11-8-14-28(22)4)25(30)26-19(3)20-9-6-5-7-10-20/h5-16,19H,1-4H3,(H,26,30). The third-order valence-electron chi connectivity index (χ3n) is 5.39. The summed E-state index contributed by atoms with van der Waals surface area (Å²) in [6.45, 7) is 6.07. The minimum Gasteiger partial charge on any atom is -0.349 e. The number of hydrogen-bond acceptors (Lipinski definition) is 2. The summed E-state index contributed by atoms with van der Waals surface area (Å²) in [4.78, 5) is 13.3. The number of hydrogen-bond donors (Lipinski definition) is 1. The minimum absolute atomic E-state index is 0.112. The molecule has 4 rings (SSSR count). The number of carbonyl (C=O) groups excluding carboxylic acids is 1. The maximum atomic E-state index is 13.3. The lowest BCUT2D eigenvalue weighted by Gasteiger charge is -2.16. The quantitative estimate of drug-likeness (QED) is 0.515. The third-order valence-corrected chi connectivity index (χ3v) is 5.39. The Bertz CT molecular complexity index is 1190. The molecule has 0 spiro atoms. The van der Waals surface area contributed by atoms with Gasteiger partial charge in [-0.25, -0.2) is 4.68 Å². The van der Waals surface area contributed by atoms with Crippen molar-refractivity contribution < 1.29 is 4.79 Å². The summed E-state index contributed by atoms with van der Waals surface area (Å²) < 4.78 is 3.77. The van der Waals surface area contributed by atoms with Gasteiger partial charge in [-0.05, 0) is 61.7 Å². The van der Waals surface area contributed by atoms with Gasteiger partial charge in [0.1, 0.15) is 11.4 Å². The number of nitrogens with zero attached hydrogens (tertiary/aromatic N) is 3. The van der Waals surface area contributed by atoms with Crippen molar-refractivity contribution in [3.63, 3.8) is 0 Å². The SMILES string of the molecule is Cc1ccc(C)c(-n2nc(-c3cccn3C)cc2C(=O)NC(C)c2ccccc2)c1. The van der Waals surface area contributed by atoms with E-state index < -0.39 is 0 Å². The molecular formula is C25H26N4O. The van der Waals surface area contributed by atoms with E-state index in [1.54, 1.807) is 4.68 Å². The van der Waals surface area contributed by atoms with E-state index in [2.05, 4.69) is 23.5 Å². The van der Waals surface area contributed by atoms with Crippen LogP contribution in [0.25, 0.3) is 17.1 Å². The molecule has 0 saturated carbocycles. The fourth-order valence-corrected chi connectivity index (χ4v) is 3.62. The first-order chi connectivity index (χ1) is 14.4. The zero-order chi connectivity index (χ0) is 21.3. The molecule has 2 aromatic heterocycles. The smallest absolute Gasteiger partial charge is 0.270 e. The van der Waals surface area contributed by atoms with Crippen LogP contribution in [0.5, 0.6) is 0 Å². The van der Waals surface area contributed by atoms with Crippen LogP contribution in [0, 0.1) is 13.8 Å². The molecule has 1 N–H and O–H groups in total. The van der Waals surface area contributed by atoms with Gasteiger partial charge in [-0.15, -0.1) is 0 Å². The van der Waals surface area contributed by atoms with Gasteiger partial charge in [-0.1, -0.05) is 42.5 Å². The van der Waals surface area contributed by atoms with E-state index in [1.807, 2.05) is 87.1 Å². The summed E-state index contributed by atoms with van der Waals surface area (Å²) in [5.41, 5.74) is 6.40. The molecule has 1 atom stereocenters. The lowest BCUT2D eigenvalue weighted by atomic mass is 10.1. The Hall–Kier alpha value is -3.60. The van der Waals surface area contributed by atoms with E-state index in [0.717, 1.165) is 33.8 Å². The molecular weight excluding hydrogens is 372 g/mol. The summed E-state index contributed by atoms with van der Waals surface area (Å²) in [6.07, 6.45) is 1.98. The van der Waals surface area contributed by atoms with Crippen molar-refractivity contribution in [3.8, 4) is 17.1 Å². The normalized spacial score (nSPS) is 12.0. The van der Waals surface area contributed by atoms with Crippen LogP contribution in [-0.2, 0) is 7.05 Å². The molecule has 1 amide bonds. The molecule has 2 heterocycles. The number of rotatable bonds is 5. The van der Waals surface area contributed by atoms with Crippen molar-refractivity contribution in [2.24, 2.45) is 7.05 Å². The van der Waals surface area contributed by atoms with Crippen molar-refractivity contribution >= 4 is 5.91 Å². The van der Waals surface area contributed by atoms with Crippen LogP contribution in [0.4, 0.5) is 0 Å². The van der Waals surface area contributed by atoms with Crippen molar-refractivity contribution in [1.82, 2.24) is 19.7 Å². The topological polar surface area (TPSA) is 51.9 Å². The summed E-state index contributed by atoms with van der Waals surface area (Å²) in [7, 11) is 1.98. The largest absolute Gasteiger partial charge is 0.349 e. The lowest BCUT2D eigenvalue weighted by molar-refractivity contribution is 0.0932. The van der Waals surface area contributed by atoms with Gasteiger partial charge in [0.05, 0.1) is 17.4 Å². The fraction of sp³-hybridized carbons (Fsp3) is 0.200. The Morgan fingerprint density at radius 1 is 1.00 bits per heavy atom. The van der Waals surface area contributed by atoms with Gasteiger partial charge in [-0.3, -0.25) is 4.79 Å². The molecule has 0 aliphatic heterocycles. The number of aromatic nitrogens is 3. The minimum atomic E-state index is -0.153. The molecule has 5 heteroatoms. The van der Waals surface area contributed by atoms with Crippen LogP contribution >= 0.6 is 0 Å². The van der Waals surface area contributed by atoms with E-state index in [9.17, 15) is 4.79 Å². The first-order valence-corrected chi connectivity index (χ1v) is 10.1. The second-order valence-electron chi connectivity index (χ2n) is 7.73. The Kier molecular flexibility index (Phi) is 5.27. The number of aryl methyl sites for hydroxylation is 3. The van der Waals surface area contributed by atoms with Crippen LogP contribution in [0.2, 0.25) is 0 Å². The average molecular weight is 399 g/mol. The van der Waals surface area contributed by atoms with Crippen molar-refractivity contribution in [3.05, 3.63) is 95.3 Å². The molecule has 30 heavy (non-hydrogen) atoms. The Morgan fingerprint density at radius 2 is 1.77 bits per heavy atom. The molecule has 0 saturated heterocycles. The predicted octanol–water partition coefficient (Wildman–Crippen LogP) is 4.99. The van der Waals surface area contributed by atoms with E-state index in [-0.39, 0.29) is 11.9 Å². The fourth-order valence-electron chi connectivity index (χ4n) is 3.62. The maximum absolute atomic E-state index is 13.3. The van der Waals surface area contributed by atoms with Gasteiger partial charge in [0.15, 0.2) is 0 Å². The molecule has 2 aromatic carbocycles. The van der Waals surface area contributed by atoms with Crippen molar-refractivity contribution in [2.45, 2.75) is 26.8 Å². The molecule has 0 fully saturated rings. The summed E-state index contributed by atoms with van der Waals surface area (Å²) in [5, 5.41) is 7.95. The molecule has 0 aliphatic carbocycles. The van der Waals surface area contributed by atoms with Crippen LogP contribution in [-0.4, -0.2) is 20.3 Å². The number of carbonyl (C=O) groups is 1. The van der Waals surface area contributed by atoms with Gasteiger partial charge < -0.3 is 9.88 Å². The highest BCUT2D eigenvalue weighted by Gasteiger charge is 2.21. The molecule has 0 bridgehead atoms. The van der Waals surface area contributed by atoms with Gasteiger partial charge in [0.2, 0.25) is 0 Å². The van der Waals surface area contributed by atoms with E-state index in [4.69, 9.17) is 5.10 Å². The average Bonchev–Trinajstić information content (AvgIpc) is 3.36. The highest BCUT2D eigenvalue weighted by atomic mass is 16.2. The lowest BCUT2D eigenvalue weighted by Crippen LogP contribution is -2.28. The Morgan fingerprint density at radius 3 is 2.47 bits per heavy atom. The van der Waals surface area contributed by atoms with Crippen LogP contribution in [0.1, 0.15) is 40.1 Å². The summed E-state index contributed by atoms with van der Waals surface area (Å²) in [6, 6.07) is 21.9. The third kappa shape index (κ3) is 3.79. The second-order valence-corrected chi connectivity index (χ2v) is 7.73. The molecule has 0 aliphatic rings. The van der Waals surface area contributed by atoms with Gasteiger partial charge >= 0.3 is 0 Å². The summed E-state index contributed by atoms with van der Waals surface area (Å²) >= 11 is 0. The van der Waals surface area contributed by atoms with Crippen LogP contribution in [0.3, 0.4) is 0 Å². The monoisotopic (exact) mass is 398 g/mol. The zero-order valence-corrected chi connectivity index (χ0v) is 17.8. The highest BCUT2D eigenvalue weighted by molar-refractivity contribution is 5.94.